The fourth-order valence-electron chi connectivity index (χ4n) is 3.83. The van der Waals surface area contributed by atoms with Crippen LogP contribution < -0.4 is 10.2 Å². The number of nitrogens with one attached hydrogen (secondary N) is 1. The number of nitrogens with zero attached hydrogens (tertiary/aromatic N) is 3. The Morgan fingerprint density at radius 1 is 1.25 bits per heavy atom. The van der Waals surface area contributed by atoms with Gasteiger partial charge in [-0.25, -0.2) is 4.98 Å². The van der Waals surface area contributed by atoms with Crippen molar-refractivity contribution >= 4 is 32.6 Å². The third-order valence-corrected chi connectivity index (χ3v) is 6.29. The number of rotatable bonds is 3. The number of piperidine rings is 1. The summed E-state index contributed by atoms with van der Waals surface area (Å²) in [7, 11) is 1.66. The highest BCUT2D eigenvalue weighted by atomic mass is 32.1. The van der Waals surface area contributed by atoms with Crippen LogP contribution >= 0.6 is 11.3 Å². The molecule has 2 fully saturated rings. The second-order valence-electron chi connectivity index (χ2n) is 6.74. The van der Waals surface area contributed by atoms with Crippen molar-refractivity contribution in [3.8, 4) is 0 Å². The molecular weight excluding hydrogens is 320 g/mol. The predicted octanol–water partition coefficient (Wildman–Crippen LogP) is 2.72. The molecule has 5 nitrogen and oxygen atoms in total. The molecule has 1 unspecified atom stereocenters. The van der Waals surface area contributed by atoms with Gasteiger partial charge in [0, 0.05) is 31.7 Å². The molecule has 128 valence electrons. The van der Waals surface area contributed by atoms with Crippen LogP contribution in [0.2, 0.25) is 0 Å². The number of hydrogen-bond donors (Lipinski definition) is 1. The molecule has 2 saturated heterocycles. The van der Waals surface area contributed by atoms with Crippen LogP contribution in [0, 0.1) is 0 Å². The highest BCUT2D eigenvalue weighted by Gasteiger charge is 2.29. The Hall–Kier alpha value is -1.66. The van der Waals surface area contributed by atoms with Gasteiger partial charge in [0.25, 0.3) is 5.91 Å². The highest BCUT2D eigenvalue weighted by Crippen LogP contribution is 2.32. The van der Waals surface area contributed by atoms with Crippen molar-refractivity contribution in [3.05, 3.63) is 23.8 Å². The lowest BCUT2D eigenvalue weighted by Crippen LogP contribution is -2.40. The molecule has 0 saturated carbocycles. The molecule has 1 atom stereocenters. The number of carbonyl (C=O) groups excluding carboxylic acids is 1. The fourth-order valence-corrected chi connectivity index (χ4v) is 4.87. The lowest BCUT2D eigenvalue weighted by atomic mass is 10.1. The number of likely N-dealkylation sites (tertiary alicyclic amines) is 1. The summed E-state index contributed by atoms with van der Waals surface area (Å²) < 4.78 is 1.09. The molecule has 1 N–H and O–H groups in total. The van der Waals surface area contributed by atoms with Gasteiger partial charge in [-0.1, -0.05) is 17.8 Å². The van der Waals surface area contributed by atoms with E-state index in [1.54, 1.807) is 18.4 Å². The number of hydrogen-bond acceptors (Lipinski definition) is 5. The summed E-state index contributed by atoms with van der Waals surface area (Å²) in [5.41, 5.74) is 1.69. The summed E-state index contributed by atoms with van der Waals surface area (Å²) in [5, 5.41) is 3.78. The van der Waals surface area contributed by atoms with Gasteiger partial charge in [0.05, 0.1) is 10.2 Å². The van der Waals surface area contributed by atoms with Crippen molar-refractivity contribution in [2.24, 2.45) is 0 Å². The lowest BCUT2D eigenvalue weighted by Gasteiger charge is -2.32. The minimum absolute atomic E-state index is 0.0433. The van der Waals surface area contributed by atoms with E-state index in [0.29, 0.717) is 11.6 Å². The SMILES string of the molecule is CNC(=O)c1ccc2nc(N3CCC(N4CCCCC4)C3)sc2c1. The van der Waals surface area contributed by atoms with Gasteiger partial charge in [-0.3, -0.25) is 9.69 Å². The maximum Gasteiger partial charge on any atom is 0.251 e. The second kappa shape index (κ2) is 6.69. The van der Waals surface area contributed by atoms with Crippen LogP contribution in [-0.4, -0.2) is 55.1 Å². The third-order valence-electron chi connectivity index (χ3n) is 5.21. The quantitative estimate of drug-likeness (QED) is 0.930. The molecular formula is C18H24N4OS. The third kappa shape index (κ3) is 3.00. The van der Waals surface area contributed by atoms with Crippen LogP contribution in [0.3, 0.4) is 0 Å². The Balaban J connectivity index is 1.51. The molecule has 24 heavy (non-hydrogen) atoms. The summed E-state index contributed by atoms with van der Waals surface area (Å²) in [6.07, 6.45) is 5.32. The molecule has 2 aliphatic rings. The van der Waals surface area contributed by atoms with Crippen LogP contribution in [0.5, 0.6) is 0 Å². The lowest BCUT2D eigenvalue weighted by molar-refractivity contribution is 0.0963. The smallest absolute Gasteiger partial charge is 0.251 e. The van der Waals surface area contributed by atoms with Crippen LogP contribution in [0.1, 0.15) is 36.0 Å². The summed E-state index contributed by atoms with van der Waals surface area (Å²) in [5.74, 6) is -0.0433. The van der Waals surface area contributed by atoms with Gasteiger partial charge in [-0.2, -0.15) is 0 Å². The normalized spacial score (nSPS) is 22.2. The molecule has 2 aliphatic heterocycles. The topological polar surface area (TPSA) is 48.5 Å². The van der Waals surface area contributed by atoms with Gasteiger partial charge in [-0.05, 0) is 50.6 Å². The zero-order chi connectivity index (χ0) is 16.5. The molecule has 3 heterocycles. The largest absolute Gasteiger partial charge is 0.355 e. The standard InChI is InChI=1S/C18H24N4OS/c1-19-17(23)13-5-6-15-16(11-13)24-18(20-15)22-10-7-14(12-22)21-8-3-2-4-9-21/h5-6,11,14H,2-4,7-10,12H2,1H3,(H,19,23). The van der Waals surface area contributed by atoms with Gasteiger partial charge >= 0.3 is 0 Å². The van der Waals surface area contributed by atoms with E-state index >= 15 is 0 Å². The van der Waals surface area contributed by atoms with E-state index in [4.69, 9.17) is 4.98 Å². The summed E-state index contributed by atoms with van der Waals surface area (Å²) >= 11 is 1.70. The van der Waals surface area contributed by atoms with Gasteiger partial charge in [0.2, 0.25) is 0 Å². The van der Waals surface area contributed by atoms with E-state index < -0.39 is 0 Å². The number of thiazole rings is 1. The predicted molar refractivity (Wildman–Crippen MR) is 99.1 cm³/mol. The van der Waals surface area contributed by atoms with Gasteiger partial charge in [-0.15, -0.1) is 0 Å². The van der Waals surface area contributed by atoms with E-state index in [9.17, 15) is 4.79 Å². The van der Waals surface area contributed by atoms with E-state index in [-0.39, 0.29) is 5.91 Å². The van der Waals surface area contributed by atoms with E-state index in [0.717, 1.165) is 28.4 Å². The van der Waals surface area contributed by atoms with Crippen LogP contribution in [-0.2, 0) is 0 Å². The maximum absolute atomic E-state index is 11.8. The van der Waals surface area contributed by atoms with Crippen molar-refractivity contribution in [1.82, 2.24) is 15.2 Å². The summed E-state index contributed by atoms with van der Waals surface area (Å²) in [6, 6.07) is 6.44. The first kappa shape index (κ1) is 15.8. The molecule has 1 amide bonds. The average Bonchev–Trinajstić information content (AvgIpc) is 3.27. The van der Waals surface area contributed by atoms with Gasteiger partial charge in [0.1, 0.15) is 0 Å². The van der Waals surface area contributed by atoms with Crippen molar-refractivity contribution in [2.45, 2.75) is 31.7 Å². The number of aromatic nitrogens is 1. The van der Waals surface area contributed by atoms with E-state index in [2.05, 4.69) is 15.1 Å². The Labute approximate surface area is 146 Å². The van der Waals surface area contributed by atoms with E-state index in [1.165, 1.54) is 38.8 Å². The first-order valence-corrected chi connectivity index (χ1v) is 9.68. The van der Waals surface area contributed by atoms with Crippen molar-refractivity contribution in [1.29, 1.82) is 0 Å². The van der Waals surface area contributed by atoms with Crippen LogP contribution in [0.15, 0.2) is 18.2 Å². The number of benzene rings is 1. The summed E-state index contributed by atoms with van der Waals surface area (Å²) in [4.78, 5) is 21.7. The van der Waals surface area contributed by atoms with Gasteiger partial charge in [0.15, 0.2) is 5.13 Å². The second-order valence-corrected chi connectivity index (χ2v) is 7.75. The minimum Gasteiger partial charge on any atom is -0.355 e. The number of fused-ring (bicyclic) bond motifs is 1. The molecule has 0 spiro atoms. The average molecular weight is 344 g/mol. The monoisotopic (exact) mass is 344 g/mol. The van der Waals surface area contributed by atoms with Crippen LogP contribution in [0.4, 0.5) is 5.13 Å². The van der Waals surface area contributed by atoms with Crippen molar-refractivity contribution in [3.63, 3.8) is 0 Å². The molecule has 6 heteroatoms. The minimum atomic E-state index is -0.0433. The Kier molecular flexibility index (Phi) is 4.41. The number of amides is 1. The Morgan fingerprint density at radius 3 is 2.88 bits per heavy atom. The van der Waals surface area contributed by atoms with Gasteiger partial charge < -0.3 is 10.2 Å². The number of carbonyl (C=O) groups is 1. The molecule has 0 radical (unpaired) electrons. The van der Waals surface area contributed by atoms with Crippen molar-refractivity contribution < 1.29 is 4.79 Å². The van der Waals surface area contributed by atoms with Crippen molar-refractivity contribution in [2.75, 3.05) is 38.1 Å². The Morgan fingerprint density at radius 2 is 2.08 bits per heavy atom. The van der Waals surface area contributed by atoms with Crippen LogP contribution in [0.25, 0.3) is 10.2 Å². The molecule has 4 rings (SSSR count). The first-order chi connectivity index (χ1) is 11.7. The molecule has 0 aliphatic carbocycles. The summed E-state index contributed by atoms with van der Waals surface area (Å²) in [6.45, 7) is 4.69. The zero-order valence-electron chi connectivity index (χ0n) is 14.1. The fraction of sp³-hybridized carbons (Fsp3) is 0.556. The molecule has 0 bridgehead atoms. The van der Waals surface area contributed by atoms with E-state index in [1.807, 2.05) is 18.2 Å². The molecule has 1 aromatic heterocycles. The Bertz CT molecular complexity index is 738. The molecule has 2 aromatic rings. The first-order valence-electron chi connectivity index (χ1n) is 8.86. The highest BCUT2D eigenvalue weighted by molar-refractivity contribution is 7.22. The maximum atomic E-state index is 11.8. The number of anilines is 1. The molecule has 1 aromatic carbocycles. The zero-order valence-corrected chi connectivity index (χ0v) is 14.9.